The molecule has 0 N–H and O–H groups in total. The summed E-state index contributed by atoms with van der Waals surface area (Å²) in [6.45, 7) is 2.59. The molecule has 0 spiro atoms. The molecule has 0 aromatic heterocycles. The van der Waals surface area contributed by atoms with Gasteiger partial charge in [-0.15, -0.1) is 0 Å². The zero-order valence-electron chi connectivity index (χ0n) is 16.5. The van der Waals surface area contributed by atoms with E-state index in [-0.39, 0.29) is 0 Å². The lowest BCUT2D eigenvalue weighted by Gasteiger charge is -2.28. The van der Waals surface area contributed by atoms with Gasteiger partial charge in [0, 0.05) is 18.8 Å². The molecule has 2 aromatic carbocycles. The van der Waals surface area contributed by atoms with E-state index < -0.39 is 5.97 Å². The number of rotatable bonds is 7. The minimum Gasteiger partial charge on any atom is -0.503 e. The minimum atomic E-state index is -0.444. The largest absolute Gasteiger partial charge is 0.503 e. The summed E-state index contributed by atoms with van der Waals surface area (Å²) < 4.78 is 15.9. The van der Waals surface area contributed by atoms with Crippen LogP contribution in [0.4, 0.5) is 5.69 Å². The summed E-state index contributed by atoms with van der Waals surface area (Å²) >= 11 is 0. The van der Waals surface area contributed by atoms with Crippen molar-refractivity contribution in [2.75, 3.05) is 32.2 Å². The molecule has 5 heteroatoms. The lowest BCUT2D eigenvalue weighted by Crippen LogP contribution is -2.29. The molecule has 148 valence electrons. The van der Waals surface area contributed by atoms with Crippen molar-refractivity contribution in [1.82, 2.24) is 0 Å². The SMILES string of the molecule is CO/C=C(/C(=O)OC)c1ccccc1COc1ccc(N2CCCCC2)cc1. The minimum absolute atomic E-state index is 0.345. The van der Waals surface area contributed by atoms with Gasteiger partial charge in [-0.05, 0) is 54.7 Å². The second-order valence-corrected chi connectivity index (χ2v) is 6.75. The van der Waals surface area contributed by atoms with Crippen LogP contribution in [0.5, 0.6) is 5.75 Å². The topological polar surface area (TPSA) is 48.0 Å². The molecule has 1 aliphatic heterocycles. The highest BCUT2D eigenvalue weighted by Gasteiger charge is 2.17. The first-order valence-electron chi connectivity index (χ1n) is 9.60. The Balaban J connectivity index is 1.71. The summed E-state index contributed by atoms with van der Waals surface area (Å²) in [7, 11) is 2.86. The number of hydrogen-bond acceptors (Lipinski definition) is 5. The van der Waals surface area contributed by atoms with Crippen molar-refractivity contribution < 1.29 is 19.0 Å². The zero-order valence-corrected chi connectivity index (χ0v) is 16.5. The van der Waals surface area contributed by atoms with Crippen molar-refractivity contribution in [2.24, 2.45) is 0 Å². The van der Waals surface area contributed by atoms with E-state index in [1.807, 2.05) is 36.4 Å². The molecule has 0 radical (unpaired) electrons. The van der Waals surface area contributed by atoms with Crippen LogP contribution in [0.3, 0.4) is 0 Å². The summed E-state index contributed by atoms with van der Waals surface area (Å²) in [6, 6.07) is 15.8. The molecular weight excluding hydrogens is 354 g/mol. The fraction of sp³-hybridized carbons (Fsp3) is 0.348. The van der Waals surface area contributed by atoms with E-state index >= 15 is 0 Å². The predicted octanol–water partition coefficient (Wildman–Crippen LogP) is 4.42. The third-order valence-electron chi connectivity index (χ3n) is 4.90. The van der Waals surface area contributed by atoms with Crippen molar-refractivity contribution in [3.63, 3.8) is 0 Å². The van der Waals surface area contributed by atoms with Gasteiger partial charge >= 0.3 is 5.97 Å². The first-order valence-corrected chi connectivity index (χ1v) is 9.60. The Kier molecular flexibility index (Phi) is 6.95. The van der Waals surface area contributed by atoms with E-state index in [0.29, 0.717) is 12.2 Å². The fourth-order valence-electron chi connectivity index (χ4n) is 3.42. The van der Waals surface area contributed by atoms with Crippen LogP contribution in [0, 0.1) is 0 Å². The molecule has 0 atom stereocenters. The maximum atomic E-state index is 12.1. The van der Waals surface area contributed by atoms with Gasteiger partial charge in [-0.2, -0.15) is 0 Å². The number of hydrogen-bond donors (Lipinski definition) is 0. The number of piperidine rings is 1. The molecule has 0 unspecified atom stereocenters. The Morgan fingerprint density at radius 3 is 2.39 bits per heavy atom. The standard InChI is InChI=1S/C23H27NO4/c1-26-17-22(23(25)27-2)21-9-5-4-8-18(21)16-28-20-12-10-19(11-13-20)24-14-6-3-7-15-24/h4-5,8-13,17H,3,6-7,14-16H2,1-2H3/b22-17+. The highest BCUT2D eigenvalue weighted by molar-refractivity contribution is 6.16. The van der Waals surface area contributed by atoms with Gasteiger partial charge in [0.1, 0.15) is 17.9 Å². The van der Waals surface area contributed by atoms with Crippen LogP contribution >= 0.6 is 0 Å². The Morgan fingerprint density at radius 2 is 1.71 bits per heavy atom. The Bertz CT molecular complexity index is 808. The smallest absolute Gasteiger partial charge is 0.341 e. The molecule has 0 bridgehead atoms. The van der Waals surface area contributed by atoms with Gasteiger partial charge < -0.3 is 19.1 Å². The number of anilines is 1. The monoisotopic (exact) mass is 381 g/mol. The molecule has 0 aliphatic carbocycles. The average molecular weight is 381 g/mol. The van der Waals surface area contributed by atoms with Crippen LogP contribution in [-0.2, 0) is 20.9 Å². The van der Waals surface area contributed by atoms with Gasteiger partial charge in [0.25, 0.3) is 0 Å². The van der Waals surface area contributed by atoms with Gasteiger partial charge in [-0.25, -0.2) is 4.79 Å². The number of nitrogens with zero attached hydrogens (tertiary/aromatic N) is 1. The molecule has 1 heterocycles. The molecular formula is C23H27NO4. The summed E-state index contributed by atoms with van der Waals surface area (Å²) in [6.07, 6.45) is 5.24. The zero-order chi connectivity index (χ0) is 19.8. The molecule has 2 aromatic rings. The van der Waals surface area contributed by atoms with Crippen LogP contribution < -0.4 is 9.64 Å². The normalized spacial score (nSPS) is 14.5. The quantitative estimate of drug-likeness (QED) is 0.404. The molecule has 1 aliphatic rings. The lowest BCUT2D eigenvalue weighted by molar-refractivity contribution is -0.133. The van der Waals surface area contributed by atoms with E-state index in [1.54, 1.807) is 0 Å². The van der Waals surface area contributed by atoms with E-state index in [0.717, 1.165) is 30.0 Å². The van der Waals surface area contributed by atoms with Crippen molar-refractivity contribution in [3.05, 3.63) is 65.9 Å². The number of ether oxygens (including phenoxy) is 3. The van der Waals surface area contributed by atoms with Crippen molar-refractivity contribution in [1.29, 1.82) is 0 Å². The van der Waals surface area contributed by atoms with Crippen LogP contribution in [0.2, 0.25) is 0 Å². The van der Waals surface area contributed by atoms with Crippen molar-refractivity contribution in [3.8, 4) is 5.75 Å². The van der Waals surface area contributed by atoms with E-state index in [4.69, 9.17) is 14.2 Å². The Morgan fingerprint density at radius 1 is 1.00 bits per heavy atom. The van der Waals surface area contributed by atoms with E-state index in [9.17, 15) is 4.79 Å². The third-order valence-corrected chi connectivity index (χ3v) is 4.90. The summed E-state index contributed by atoms with van der Waals surface area (Å²) in [5, 5.41) is 0. The lowest BCUT2D eigenvalue weighted by atomic mass is 10.0. The summed E-state index contributed by atoms with van der Waals surface area (Å²) in [5.41, 5.74) is 3.23. The summed E-state index contributed by atoms with van der Waals surface area (Å²) in [5.74, 6) is 0.353. The van der Waals surface area contributed by atoms with Crippen LogP contribution in [0.25, 0.3) is 5.57 Å². The predicted molar refractivity (Wildman–Crippen MR) is 110 cm³/mol. The second-order valence-electron chi connectivity index (χ2n) is 6.75. The van der Waals surface area contributed by atoms with Gasteiger partial charge in [0.05, 0.1) is 20.5 Å². The van der Waals surface area contributed by atoms with E-state index in [1.165, 1.54) is 45.4 Å². The molecule has 0 amide bonds. The van der Waals surface area contributed by atoms with Crippen molar-refractivity contribution in [2.45, 2.75) is 25.9 Å². The third kappa shape index (κ3) is 4.85. The Hall–Kier alpha value is -2.95. The van der Waals surface area contributed by atoms with Gasteiger partial charge in [0.2, 0.25) is 0 Å². The number of esters is 1. The molecule has 3 rings (SSSR count). The number of methoxy groups -OCH3 is 2. The molecule has 1 fully saturated rings. The van der Waals surface area contributed by atoms with Gasteiger partial charge in [0.15, 0.2) is 0 Å². The van der Waals surface area contributed by atoms with Gasteiger partial charge in [-0.3, -0.25) is 0 Å². The molecule has 1 saturated heterocycles. The van der Waals surface area contributed by atoms with Gasteiger partial charge in [-0.1, -0.05) is 24.3 Å². The summed E-state index contributed by atoms with van der Waals surface area (Å²) in [4.78, 5) is 14.5. The fourth-order valence-corrected chi connectivity index (χ4v) is 3.42. The maximum absolute atomic E-state index is 12.1. The second kappa shape index (κ2) is 9.83. The number of carbonyl (C=O) groups is 1. The van der Waals surface area contributed by atoms with Crippen LogP contribution in [0.1, 0.15) is 30.4 Å². The first kappa shape index (κ1) is 19.8. The van der Waals surface area contributed by atoms with Crippen LogP contribution in [-0.4, -0.2) is 33.3 Å². The van der Waals surface area contributed by atoms with Crippen LogP contribution in [0.15, 0.2) is 54.8 Å². The average Bonchev–Trinajstić information content (AvgIpc) is 2.77. The van der Waals surface area contributed by atoms with E-state index in [2.05, 4.69) is 17.0 Å². The number of carbonyl (C=O) groups excluding carboxylic acids is 1. The first-order chi connectivity index (χ1) is 13.7. The highest BCUT2D eigenvalue weighted by Crippen LogP contribution is 2.25. The highest BCUT2D eigenvalue weighted by atomic mass is 16.5. The van der Waals surface area contributed by atoms with Crippen molar-refractivity contribution >= 4 is 17.2 Å². The Labute approximate surface area is 166 Å². The molecule has 5 nitrogen and oxygen atoms in total. The molecule has 0 saturated carbocycles. The number of benzene rings is 2. The molecule has 28 heavy (non-hydrogen) atoms. The maximum Gasteiger partial charge on any atom is 0.341 e.